The van der Waals surface area contributed by atoms with E-state index in [-0.39, 0.29) is 5.92 Å². The van der Waals surface area contributed by atoms with Gasteiger partial charge in [-0.05, 0) is 48.4 Å². The Morgan fingerprint density at radius 3 is 2.87 bits per heavy atom. The fourth-order valence-electron chi connectivity index (χ4n) is 3.86. The number of rotatable bonds is 5. The summed E-state index contributed by atoms with van der Waals surface area (Å²) in [6, 6.07) is 21.6. The average molecular weight is 398 g/mol. The topological polar surface area (TPSA) is 64.5 Å². The van der Waals surface area contributed by atoms with Gasteiger partial charge in [0.25, 0.3) is 0 Å². The van der Waals surface area contributed by atoms with Gasteiger partial charge in [-0.15, -0.1) is 0 Å². The van der Waals surface area contributed by atoms with Gasteiger partial charge in [-0.1, -0.05) is 30.3 Å². The maximum absolute atomic E-state index is 10.9. The minimum absolute atomic E-state index is 0.0286. The van der Waals surface area contributed by atoms with Crippen LogP contribution in [0.5, 0.6) is 11.5 Å². The lowest BCUT2D eigenvalue weighted by Crippen LogP contribution is -2.27. The van der Waals surface area contributed by atoms with Crippen LogP contribution in [0.1, 0.15) is 22.9 Å². The molecule has 2 aromatic carbocycles. The van der Waals surface area contributed by atoms with E-state index < -0.39 is 6.10 Å². The van der Waals surface area contributed by atoms with Gasteiger partial charge in [0.1, 0.15) is 18.1 Å². The molecular weight excluding hydrogens is 376 g/mol. The molecule has 1 aliphatic rings. The molecular formula is C25H22N2O3. The highest BCUT2D eigenvalue weighted by molar-refractivity contribution is 5.78. The highest BCUT2D eigenvalue weighted by atomic mass is 16.5. The van der Waals surface area contributed by atoms with Crippen LogP contribution in [0.4, 0.5) is 0 Å². The van der Waals surface area contributed by atoms with Crippen molar-refractivity contribution in [2.24, 2.45) is 5.92 Å². The smallest absolute Gasteiger partial charge is 0.130 e. The summed E-state index contributed by atoms with van der Waals surface area (Å²) >= 11 is 0. The summed E-state index contributed by atoms with van der Waals surface area (Å²) in [6.07, 6.45) is 3.68. The maximum Gasteiger partial charge on any atom is 0.130 e. The molecule has 1 aliphatic heterocycles. The van der Waals surface area contributed by atoms with Crippen molar-refractivity contribution in [1.82, 2.24) is 9.97 Å². The molecule has 3 heterocycles. The lowest BCUT2D eigenvalue weighted by Gasteiger charge is -2.30. The van der Waals surface area contributed by atoms with E-state index in [2.05, 4.69) is 16.0 Å². The normalized spacial score (nSPS) is 17.9. The Labute approximate surface area is 175 Å². The highest BCUT2D eigenvalue weighted by Gasteiger charge is 2.30. The van der Waals surface area contributed by atoms with Crippen molar-refractivity contribution in [2.45, 2.75) is 19.1 Å². The summed E-state index contributed by atoms with van der Waals surface area (Å²) in [5.41, 5.74) is 3.66. The Morgan fingerprint density at radius 2 is 1.97 bits per heavy atom. The molecule has 0 saturated carbocycles. The summed E-state index contributed by atoms with van der Waals surface area (Å²) in [6.45, 7) is 0.837. The number of nitrogens with zero attached hydrogens (tertiary/aromatic N) is 2. The Hall–Kier alpha value is -3.44. The van der Waals surface area contributed by atoms with Crippen LogP contribution in [0.3, 0.4) is 0 Å². The molecule has 30 heavy (non-hydrogen) atoms. The Balaban J connectivity index is 1.30. The molecule has 0 bridgehead atoms. The molecule has 5 heteroatoms. The third-order valence-corrected chi connectivity index (χ3v) is 5.46. The predicted molar refractivity (Wildman–Crippen MR) is 114 cm³/mol. The molecule has 5 nitrogen and oxygen atoms in total. The van der Waals surface area contributed by atoms with Crippen molar-refractivity contribution in [1.29, 1.82) is 0 Å². The molecule has 150 valence electrons. The van der Waals surface area contributed by atoms with Gasteiger partial charge in [-0.2, -0.15) is 0 Å². The SMILES string of the molecule is O[C@H]1c2cc(OCc3ccc4ccccc4n3)ccc2OC[C@@H]1Cc1cccnc1. The molecule has 2 atom stereocenters. The van der Waals surface area contributed by atoms with Gasteiger partial charge in [-0.3, -0.25) is 4.98 Å². The van der Waals surface area contributed by atoms with Gasteiger partial charge in [0.15, 0.2) is 0 Å². The van der Waals surface area contributed by atoms with E-state index >= 15 is 0 Å². The van der Waals surface area contributed by atoms with E-state index in [1.54, 1.807) is 6.20 Å². The van der Waals surface area contributed by atoms with Crippen LogP contribution in [-0.2, 0) is 13.0 Å². The number of ether oxygens (including phenoxy) is 2. The van der Waals surface area contributed by atoms with Gasteiger partial charge in [-0.25, -0.2) is 4.98 Å². The molecule has 0 amide bonds. The average Bonchev–Trinajstić information content (AvgIpc) is 2.80. The van der Waals surface area contributed by atoms with Crippen LogP contribution in [0.2, 0.25) is 0 Å². The number of aromatic nitrogens is 2. The molecule has 0 unspecified atom stereocenters. The Bertz CT molecular complexity index is 1160. The van der Waals surface area contributed by atoms with Crippen LogP contribution >= 0.6 is 0 Å². The van der Waals surface area contributed by atoms with Gasteiger partial charge in [0.05, 0.1) is 23.9 Å². The van der Waals surface area contributed by atoms with Crippen molar-refractivity contribution in [3.63, 3.8) is 0 Å². The number of benzene rings is 2. The summed E-state index contributed by atoms with van der Waals surface area (Å²) in [5, 5.41) is 12.0. The number of fused-ring (bicyclic) bond motifs is 2. The molecule has 4 aromatic rings. The number of aliphatic hydroxyl groups excluding tert-OH is 1. The quantitative estimate of drug-likeness (QED) is 0.536. The summed E-state index contributed by atoms with van der Waals surface area (Å²) in [5.74, 6) is 1.37. The Morgan fingerprint density at radius 1 is 1.03 bits per heavy atom. The third kappa shape index (κ3) is 3.84. The van der Waals surface area contributed by atoms with E-state index in [0.29, 0.717) is 31.1 Å². The minimum Gasteiger partial charge on any atom is -0.493 e. The van der Waals surface area contributed by atoms with Gasteiger partial charge < -0.3 is 14.6 Å². The molecule has 0 aliphatic carbocycles. The third-order valence-electron chi connectivity index (χ3n) is 5.46. The Kier molecular flexibility index (Phi) is 5.03. The van der Waals surface area contributed by atoms with E-state index in [1.807, 2.05) is 66.9 Å². The van der Waals surface area contributed by atoms with Crippen molar-refractivity contribution in [3.8, 4) is 11.5 Å². The first-order valence-corrected chi connectivity index (χ1v) is 10.1. The van der Waals surface area contributed by atoms with Crippen LogP contribution in [0.15, 0.2) is 79.1 Å². The monoisotopic (exact) mass is 398 g/mol. The molecule has 0 radical (unpaired) electrons. The van der Waals surface area contributed by atoms with Crippen LogP contribution in [0, 0.1) is 5.92 Å². The predicted octanol–water partition coefficient (Wildman–Crippen LogP) is 4.49. The van der Waals surface area contributed by atoms with E-state index in [1.165, 1.54) is 0 Å². The first-order valence-electron chi connectivity index (χ1n) is 10.1. The second-order valence-corrected chi connectivity index (χ2v) is 7.56. The number of aliphatic hydroxyl groups is 1. The first kappa shape index (κ1) is 18.6. The molecule has 1 N–H and O–H groups in total. The van der Waals surface area contributed by atoms with Crippen LogP contribution in [0.25, 0.3) is 10.9 Å². The highest BCUT2D eigenvalue weighted by Crippen LogP contribution is 2.39. The zero-order valence-electron chi connectivity index (χ0n) is 16.4. The van der Waals surface area contributed by atoms with Gasteiger partial charge in [0.2, 0.25) is 0 Å². The second kappa shape index (κ2) is 8.13. The lowest BCUT2D eigenvalue weighted by atomic mass is 9.88. The van der Waals surface area contributed by atoms with Crippen LogP contribution < -0.4 is 9.47 Å². The number of hydrogen-bond acceptors (Lipinski definition) is 5. The largest absolute Gasteiger partial charge is 0.493 e. The van der Waals surface area contributed by atoms with Gasteiger partial charge >= 0.3 is 0 Å². The van der Waals surface area contributed by atoms with Crippen molar-refractivity contribution in [2.75, 3.05) is 6.61 Å². The van der Waals surface area contributed by atoms with E-state index in [4.69, 9.17) is 9.47 Å². The molecule has 0 fully saturated rings. The molecule has 0 spiro atoms. The number of hydrogen-bond donors (Lipinski definition) is 1. The molecule has 0 saturated heterocycles. The summed E-state index contributed by atoms with van der Waals surface area (Å²) in [4.78, 5) is 8.80. The van der Waals surface area contributed by atoms with E-state index in [9.17, 15) is 5.11 Å². The van der Waals surface area contributed by atoms with Gasteiger partial charge in [0, 0.05) is 29.3 Å². The standard InChI is InChI=1S/C25H22N2O3/c28-25-19(12-17-4-3-11-26-14-17)15-30-24-10-9-21(13-22(24)25)29-16-20-8-7-18-5-1-2-6-23(18)27-20/h1-11,13-14,19,25,28H,12,15-16H2/t19-,25+/m0/s1. The van der Waals surface area contributed by atoms with Crippen LogP contribution in [-0.4, -0.2) is 21.7 Å². The maximum atomic E-state index is 10.9. The lowest BCUT2D eigenvalue weighted by molar-refractivity contribution is 0.0504. The minimum atomic E-state index is -0.615. The number of pyridine rings is 2. The zero-order valence-corrected chi connectivity index (χ0v) is 16.4. The van der Waals surface area contributed by atoms with Crippen molar-refractivity contribution < 1.29 is 14.6 Å². The number of para-hydroxylation sites is 1. The van der Waals surface area contributed by atoms with Crippen molar-refractivity contribution >= 4 is 10.9 Å². The molecule has 2 aromatic heterocycles. The fourth-order valence-corrected chi connectivity index (χ4v) is 3.86. The fraction of sp³-hybridized carbons (Fsp3) is 0.200. The summed E-state index contributed by atoms with van der Waals surface area (Å²) in [7, 11) is 0. The first-order chi connectivity index (χ1) is 14.8. The van der Waals surface area contributed by atoms with Crippen molar-refractivity contribution in [3.05, 3.63) is 95.9 Å². The molecule has 5 rings (SSSR count). The second-order valence-electron chi connectivity index (χ2n) is 7.56. The zero-order chi connectivity index (χ0) is 20.3. The van der Waals surface area contributed by atoms with E-state index in [0.717, 1.165) is 27.7 Å². The summed E-state index contributed by atoms with van der Waals surface area (Å²) < 4.78 is 11.9.